The first-order valence-corrected chi connectivity index (χ1v) is 11.1. The van der Waals surface area contributed by atoms with E-state index in [1.54, 1.807) is 18.2 Å². The molecule has 0 unspecified atom stereocenters. The Morgan fingerprint density at radius 3 is 2.73 bits per heavy atom. The fourth-order valence-electron chi connectivity index (χ4n) is 4.54. The standard InChI is InChI=1S/C25H25FN6O/c1-15-6-2-5-9-19(15)25(33)28-13-17-11-10-16(12-20(17)26)22-21-23(27)29-14-30-24(21)32(31-22)18-7-3-4-8-18/h2,5-6,9-12,14,18H,3-4,7-8,13H2,1H3,(H,28,33)(H2,27,29,30). The van der Waals surface area contributed by atoms with E-state index < -0.39 is 5.82 Å². The zero-order valence-corrected chi connectivity index (χ0v) is 18.4. The second-order valence-electron chi connectivity index (χ2n) is 8.49. The molecule has 1 aliphatic carbocycles. The summed E-state index contributed by atoms with van der Waals surface area (Å²) in [4.78, 5) is 21.0. The van der Waals surface area contributed by atoms with E-state index in [9.17, 15) is 4.79 Å². The molecule has 0 radical (unpaired) electrons. The number of halogens is 1. The van der Waals surface area contributed by atoms with Gasteiger partial charge in [-0.25, -0.2) is 19.0 Å². The molecule has 8 heteroatoms. The first-order valence-electron chi connectivity index (χ1n) is 11.1. The quantitative estimate of drug-likeness (QED) is 0.470. The lowest BCUT2D eigenvalue weighted by Crippen LogP contribution is -2.24. The van der Waals surface area contributed by atoms with Crippen LogP contribution in [-0.4, -0.2) is 25.7 Å². The maximum absolute atomic E-state index is 15.0. The van der Waals surface area contributed by atoms with Crippen molar-refractivity contribution in [3.8, 4) is 11.3 Å². The minimum absolute atomic E-state index is 0.0851. The zero-order chi connectivity index (χ0) is 22.9. The third-order valence-corrected chi connectivity index (χ3v) is 6.34. The van der Waals surface area contributed by atoms with Crippen molar-refractivity contribution >= 4 is 22.8 Å². The highest BCUT2D eigenvalue weighted by Gasteiger charge is 2.25. The summed E-state index contributed by atoms with van der Waals surface area (Å²) < 4.78 is 16.9. The van der Waals surface area contributed by atoms with Crippen LogP contribution in [0.3, 0.4) is 0 Å². The van der Waals surface area contributed by atoms with Gasteiger partial charge in [0.05, 0.1) is 11.4 Å². The van der Waals surface area contributed by atoms with Gasteiger partial charge in [-0.3, -0.25) is 4.79 Å². The average molecular weight is 445 g/mol. The molecule has 0 saturated heterocycles. The minimum Gasteiger partial charge on any atom is -0.383 e. The Labute approximate surface area is 190 Å². The van der Waals surface area contributed by atoms with Crippen molar-refractivity contribution in [1.82, 2.24) is 25.1 Å². The molecule has 1 saturated carbocycles. The Morgan fingerprint density at radius 1 is 1.18 bits per heavy atom. The third kappa shape index (κ3) is 3.92. The van der Waals surface area contributed by atoms with Crippen LogP contribution in [0, 0.1) is 12.7 Å². The molecule has 3 N–H and O–H groups in total. The number of anilines is 1. The van der Waals surface area contributed by atoms with Crippen molar-refractivity contribution in [2.45, 2.75) is 45.2 Å². The number of benzene rings is 2. The molecular weight excluding hydrogens is 419 g/mol. The van der Waals surface area contributed by atoms with Crippen LogP contribution >= 0.6 is 0 Å². The van der Waals surface area contributed by atoms with E-state index in [2.05, 4.69) is 15.3 Å². The van der Waals surface area contributed by atoms with Crippen LogP contribution in [0.2, 0.25) is 0 Å². The molecule has 2 aromatic heterocycles. The van der Waals surface area contributed by atoms with Crippen molar-refractivity contribution in [2.24, 2.45) is 0 Å². The molecule has 4 aromatic rings. The molecule has 0 bridgehead atoms. The van der Waals surface area contributed by atoms with E-state index in [1.165, 1.54) is 12.4 Å². The molecule has 168 valence electrons. The summed E-state index contributed by atoms with van der Waals surface area (Å²) in [6.07, 6.45) is 5.82. The maximum atomic E-state index is 15.0. The number of hydrogen-bond donors (Lipinski definition) is 2. The summed E-state index contributed by atoms with van der Waals surface area (Å²) in [6, 6.07) is 12.5. The molecule has 33 heavy (non-hydrogen) atoms. The first kappa shape index (κ1) is 21.1. The lowest BCUT2D eigenvalue weighted by molar-refractivity contribution is 0.0950. The highest BCUT2D eigenvalue weighted by Crippen LogP contribution is 2.36. The van der Waals surface area contributed by atoms with Gasteiger partial charge >= 0.3 is 0 Å². The minimum atomic E-state index is -0.420. The maximum Gasteiger partial charge on any atom is 0.251 e. The van der Waals surface area contributed by atoms with Crippen LogP contribution in [0.25, 0.3) is 22.3 Å². The van der Waals surface area contributed by atoms with Gasteiger partial charge in [-0.1, -0.05) is 43.2 Å². The number of fused-ring (bicyclic) bond motifs is 1. The van der Waals surface area contributed by atoms with Gasteiger partial charge < -0.3 is 11.1 Å². The summed E-state index contributed by atoms with van der Waals surface area (Å²) in [6.45, 7) is 1.95. The molecule has 5 rings (SSSR count). The number of aromatic nitrogens is 4. The Morgan fingerprint density at radius 2 is 1.97 bits per heavy atom. The van der Waals surface area contributed by atoms with Gasteiger partial charge in [0.25, 0.3) is 5.91 Å². The highest BCUT2D eigenvalue weighted by molar-refractivity contribution is 5.98. The Balaban J connectivity index is 1.44. The molecular formula is C25H25FN6O. The number of nitrogens with two attached hydrogens (primary N) is 1. The summed E-state index contributed by atoms with van der Waals surface area (Å²) in [5.41, 5.74) is 9.87. The lowest BCUT2D eigenvalue weighted by Gasteiger charge is -2.10. The van der Waals surface area contributed by atoms with Gasteiger partial charge in [-0.15, -0.1) is 0 Å². The van der Waals surface area contributed by atoms with Crippen molar-refractivity contribution in [2.75, 3.05) is 5.73 Å². The molecule has 1 aliphatic rings. The summed E-state index contributed by atoms with van der Waals surface area (Å²) in [5.74, 6) is -0.325. The van der Waals surface area contributed by atoms with E-state index in [1.807, 2.05) is 29.8 Å². The number of nitrogen functional groups attached to an aromatic ring is 1. The van der Waals surface area contributed by atoms with Gasteiger partial charge in [0.1, 0.15) is 23.7 Å². The Kier molecular flexibility index (Phi) is 5.50. The summed E-state index contributed by atoms with van der Waals surface area (Å²) in [5, 5.41) is 8.23. The second kappa shape index (κ2) is 8.61. The SMILES string of the molecule is Cc1ccccc1C(=O)NCc1ccc(-c2nn(C3CCCC3)c3ncnc(N)c23)cc1F. The number of carbonyl (C=O) groups excluding carboxylic acids is 1. The third-order valence-electron chi connectivity index (χ3n) is 6.34. The van der Waals surface area contributed by atoms with E-state index >= 15 is 4.39 Å². The van der Waals surface area contributed by atoms with E-state index in [0.717, 1.165) is 31.2 Å². The zero-order valence-electron chi connectivity index (χ0n) is 18.4. The van der Waals surface area contributed by atoms with Gasteiger partial charge in [0, 0.05) is 23.2 Å². The van der Waals surface area contributed by atoms with Gasteiger partial charge in [-0.2, -0.15) is 5.10 Å². The van der Waals surface area contributed by atoms with Crippen LogP contribution < -0.4 is 11.1 Å². The number of rotatable bonds is 5. The number of nitrogens with zero attached hydrogens (tertiary/aromatic N) is 4. The first-order chi connectivity index (χ1) is 16.0. The fourth-order valence-corrected chi connectivity index (χ4v) is 4.54. The molecule has 2 aromatic carbocycles. The van der Waals surface area contributed by atoms with Crippen molar-refractivity contribution in [3.63, 3.8) is 0 Å². The van der Waals surface area contributed by atoms with Crippen LogP contribution in [0.4, 0.5) is 10.2 Å². The summed E-state index contributed by atoms with van der Waals surface area (Å²) in [7, 11) is 0. The van der Waals surface area contributed by atoms with E-state index in [0.29, 0.717) is 39.2 Å². The molecule has 7 nitrogen and oxygen atoms in total. The average Bonchev–Trinajstić information content (AvgIpc) is 3.47. The number of hydrogen-bond acceptors (Lipinski definition) is 5. The van der Waals surface area contributed by atoms with Gasteiger partial charge in [0.2, 0.25) is 0 Å². The smallest absolute Gasteiger partial charge is 0.251 e. The molecule has 1 amide bonds. The normalized spacial score (nSPS) is 14.1. The predicted octanol–water partition coefficient (Wildman–Crippen LogP) is 4.57. The van der Waals surface area contributed by atoms with E-state index in [4.69, 9.17) is 10.8 Å². The van der Waals surface area contributed by atoms with Crippen molar-refractivity contribution in [1.29, 1.82) is 0 Å². The Hall–Kier alpha value is -3.81. The molecule has 0 atom stereocenters. The molecule has 0 aliphatic heterocycles. The fraction of sp³-hybridized carbons (Fsp3) is 0.280. The second-order valence-corrected chi connectivity index (χ2v) is 8.49. The van der Waals surface area contributed by atoms with Gasteiger partial charge in [-0.05, 0) is 37.5 Å². The Bertz CT molecular complexity index is 1340. The van der Waals surface area contributed by atoms with Crippen molar-refractivity contribution in [3.05, 3.63) is 71.3 Å². The molecule has 2 heterocycles. The van der Waals surface area contributed by atoms with E-state index in [-0.39, 0.29) is 18.5 Å². The topological polar surface area (TPSA) is 98.7 Å². The monoisotopic (exact) mass is 444 g/mol. The number of amides is 1. The van der Waals surface area contributed by atoms with Gasteiger partial charge in [0.15, 0.2) is 5.65 Å². The molecule has 1 fully saturated rings. The van der Waals surface area contributed by atoms with Crippen LogP contribution in [-0.2, 0) is 6.54 Å². The number of nitrogens with one attached hydrogen (secondary N) is 1. The summed E-state index contributed by atoms with van der Waals surface area (Å²) >= 11 is 0. The van der Waals surface area contributed by atoms with Crippen LogP contribution in [0.15, 0.2) is 48.8 Å². The van der Waals surface area contributed by atoms with Crippen LogP contribution in [0.5, 0.6) is 0 Å². The van der Waals surface area contributed by atoms with Crippen molar-refractivity contribution < 1.29 is 9.18 Å². The molecule has 0 spiro atoms. The largest absolute Gasteiger partial charge is 0.383 e. The highest BCUT2D eigenvalue weighted by atomic mass is 19.1. The lowest BCUT2D eigenvalue weighted by atomic mass is 10.1. The predicted molar refractivity (Wildman–Crippen MR) is 125 cm³/mol. The van der Waals surface area contributed by atoms with Crippen LogP contribution in [0.1, 0.15) is 53.2 Å². The number of carbonyl (C=O) groups is 1. The number of aryl methyl sites for hydroxylation is 1.